The molecule has 0 atom stereocenters. The predicted octanol–water partition coefficient (Wildman–Crippen LogP) is 21.5. The molecule has 0 saturated heterocycles. The number of hydrogen-bond acceptors (Lipinski definition) is 5. The maximum Gasteiger partial charge on any atom is 0.293 e. The van der Waals surface area contributed by atoms with E-state index in [1.54, 1.807) is 10.3 Å². The Morgan fingerprint density at radius 1 is 0.416 bits per heavy atom. The Kier molecular flexibility index (Phi) is 15.0. The summed E-state index contributed by atoms with van der Waals surface area (Å²) in [6, 6.07) is 104. The van der Waals surface area contributed by atoms with Gasteiger partial charge in [-0.15, -0.1) is 0 Å². The van der Waals surface area contributed by atoms with Crippen molar-refractivity contribution in [3.63, 3.8) is 0 Å². The third-order valence-corrected chi connectivity index (χ3v) is 26.5. The molecule has 13 aromatic rings. The van der Waals surface area contributed by atoms with Crippen molar-refractivity contribution in [3.05, 3.63) is 318 Å². The summed E-state index contributed by atoms with van der Waals surface area (Å²) in [5, 5.41) is 4.47. The molecule has 19 rings (SSSR count). The third kappa shape index (κ3) is 10.3. The van der Waals surface area contributed by atoms with Gasteiger partial charge in [-0.25, -0.2) is 0 Å². The van der Waals surface area contributed by atoms with Gasteiger partial charge in [0.2, 0.25) is 6.71 Å². The zero-order valence-corrected chi connectivity index (χ0v) is 60.5. The van der Waals surface area contributed by atoms with Crippen LogP contribution in [0.1, 0.15) is 113 Å². The van der Waals surface area contributed by atoms with Gasteiger partial charge >= 0.3 is 0 Å². The van der Waals surface area contributed by atoms with Gasteiger partial charge in [0.05, 0.1) is 5.66 Å². The molecular formula is C93H84B2N4OSi. The van der Waals surface area contributed by atoms with Crippen LogP contribution in [0, 0.1) is 6.92 Å². The van der Waals surface area contributed by atoms with E-state index in [-0.39, 0.29) is 24.3 Å². The van der Waals surface area contributed by atoms with E-state index in [2.05, 4.69) is 360 Å². The molecule has 8 heteroatoms. The molecule has 0 amide bonds. The van der Waals surface area contributed by atoms with Gasteiger partial charge in [0.1, 0.15) is 13.7 Å². The summed E-state index contributed by atoms with van der Waals surface area (Å²) in [6.45, 7) is 21.4. The van der Waals surface area contributed by atoms with E-state index in [1.807, 2.05) is 0 Å². The summed E-state index contributed by atoms with van der Waals surface area (Å²) < 4.78 is 6.86. The Labute approximate surface area is 598 Å². The number of aryl methyl sites for hydroxylation is 1. The summed E-state index contributed by atoms with van der Waals surface area (Å²) in [7, 11) is -1.98. The monoisotopic (exact) mass is 1320 g/mol. The van der Waals surface area contributed by atoms with Crippen molar-refractivity contribution in [2.45, 2.75) is 110 Å². The summed E-state index contributed by atoms with van der Waals surface area (Å²) >= 11 is 0. The topological polar surface area (TPSA) is 26.1 Å². The molecule has 0 radical (unpaired) electrons. The summed E-state index contributed by atoms with van der Waals surface area (Å²) in [6.07, 6.45) is 6.48. The first-order chi connectivity index (χ1) is 49.1. The molecule has 0 N–H and O–H groups in total. The number of para-hydroxylation sites is 5. The van der Waals surface area contributed by atoms with Gasteiger partial charge in [0, 0.05) is 79.2 Å². The average Bonchev–Trinajstić information content (AvgIpc) is 1.53. The molecule has 0 spiro atoms. The Hall–Kier alpha value is -10.5. The molecule has 5 aliphatic heterocycles. The number of hydrogen-bond donors (Lipinski definition) is 0. The molecule has 1 aliphatic carbocycles. The molecule has 101 heavy (non-hydrogen) atoms. The second kappa shape index (κ2) is 24.1. The van der Waals surface area contributed by atoms with Crippen molar-refractivity contribution >= 4 is 139 Å². The fraction of sp³-hybridized carbons (Fsp3) is 0.183. The minimum atomic E-state index is -1.98. The van der Waals surface area contributed by atoms with Crippen LogP contribution in [0.2, 0.25) is 13.1 Å². The van der Waals surface area contributed by atoms with Crippen molar-refractivity contribution < 1.29 is 4.42 Å². The highest BCUT2D eigenvalue weighted by molar-refractivity contribution is 7.17. The second-order valence-electron chi connectivity index (χ2n) is 31.5. The van der Waals surface area contributed by atoms with E-state index < -0.39 is 8.07 Å². The molecular weight excluding hydrogens is 1240 g/mol. The van der Waals surface area contributed by atoms with Crippen molar-refractivity contribution in [1.29, 1.82) is 0 Å². The van der Waals surface area contributed by atoms with Gasteiger partial charge in [-0.2, -0.15) is 0 Å². The van der Waals surface area contributed by atoms with Crippen LogP contribution < -0.4 is 52.3 Å². The Bertz CT molecular complexity index is 5320. The minimum absolute atomic E-state index is 0.0312. The summed E-state index contributed by atoms with van der Waals surface area (Å²) in [4.78, 5) is 9.89. The van der Waals surface area contributed by atoms with Crippen LogP contribution in [0.5, 0.6) is 0 Å². The highest BCUT2D eigenvalue weighted by Crippen LogP contribution is 2.52. The van der Waals surface area contributed by atoms with Gasteiger partial charge in [0.15, 0.2) is 0 Å². The normalized spacial score (nSPS) is 15.1. The smallest absolute Gasteiger partial charge is 0.293 e. The molecule has 1 fully saturated rings. The Morgan fingerprint density at radius 2 is 0.881 bits per heavy atom. The summed E-state index contributed by atoms with van der Waals surface area (Å²) in [5.41, 5.74) is 34.5. The first-order valence-electron chi connectivity index (χ1n) is 36.7. The standard InChI is InChI=1S/C49H49BN2Si.C44H35BN2O/c1-32-29-40-45-39-17-13-14-18-44(39)53(8,9)47(45)50-41-28-27-38(31-42(41)52(43(30-32)46(40)50)35-15-11-10-12-16-35)51(36-23-19-33(20-24-36)48(2,3)4)37-25-21-34(22-26-37)49(5,6)7;1-5-15-30(16-6-1)31-27-37-42-36-23-13-14-24-41(36)48-44(42)45-38-26-25-35(46(32-17-7-2-8-18-32)33-19-9-3-10-20-33)29-39(38)47(40(28-31)43(37)45)34-21-11-4-12-22-34/h10-31H,1-9H3;2-4,7-14,17-30H,1,5-6,15-16H2. The van der Waals surface area contributed by atoms with Crippen LogP contribution >= 0.6 is 0 Å². The first-order valence-corrected chi connectivity index (χ1v) is 39.7. The highest BCUT2D eigenvalue weighted by atomic mass is 28.3. The molecule has 12 aromatic carbocycles. The second-order valence-corrected chi connectivity index (χ2v) is 35.8. The largest absolute Gasteiger partial charge is 0.470 e. The maximum absolute atomic E-state index is 6.86. The number of nitrogens with zero attached hydrogens (tertiary/aromatic N) is 4. The molecule has 6 heterocycles. The minimum Gasteiger partial charge on any atom is -0.470 e. The van der Waals surface area contributed by atoms with Gasteiger partial charge in [-0.05, 0) is 223 Å². The fourth-order valence-electron chi connectivity index (χ4n) is 18.0. The molecule has 0 unspecified atom stereocenters. The molecule has 0 bridgehead atoms. The molecule has 1 saturated carbocycles. The third-order valence-electron chi connectivity index (χ3n) is 22.8. The van der Waals surface area contributed by atoms with Crippen molar-refractivity contribution in [1.82, 2.24) is 0 Å². The first kappa shape index (κ1) is 62.7. The molecule has 6 aliphatic rings. The summed E-state index contributed by atoms with van der Waals surface area (Å²) in [5.74, 6) is 0.581. The van der Waals surface area contributed by atoms with E-state index in [4.69, 9.17) is 4.42 Å². The predicted molar refractivity (Wildman–Crippen MR) is 434 cm³/mol. The van der Waals surface area contributed by atoms with E-state index in [1.165, 1.54) is 144 Å². The van der Waals surface area contributed by atoms with Crippen LogP contribution in [0.4, 0.5) is 68.2 Å². The van der Waals surface area contributed by atoms with Crippen LogP contribution in [-0.2, 0) is 10.8 Å². The molecule has 5 nitrogen and oxygen atoms in total. The lowest BCUT2D eigenvalue weighted by atomic mass is 9.39. The molecule has 1 aromatic heterocycles. The zero-order chi connectivity index (χ0) is 68.6. The Balaban J connectivity index is 0.000000146. The fourth-order valence-corrected chi connectivity index (χ4v) is 21.6. The van der Waals surface area contributed by atoms with Crippen molar-refractivity contribution in [3.8, 4) is 11.1 Å². The number of rotatable bonds is 9. The van der Waals surface area contributed by atoms with Crippen LogP contribution in [-0.4, -0.2) is 21.5 Å². The van der Waals surface area contributed by atoms with Crippen LogP contribution in [0.15, 0.2) is 289 Å². The SMILES string of the molecule is Cc1cc2c3c(c1)N(c1ccccc1)c1cc(N(c4ccc(C(C)(C)C)cc4)c4ccc(C(C)(C)C)cc4)ccc1B3C1=C2c2ccccc2[Si]1(C)C.c1ccc(N(c2ccccc2)c2ccc3c(c2)N(c2ccccc2)c2cc(C4CCCCC4)cc4c2B3c2oc3ccccc3c2-4)cc1. The van der Waals surface area contributed by atoms with Crippen molar-refractivity contribution in [2.75, 3.05) is 19.6 Å². The van der Waals surface area contributed by atoms with Crippen LogP contribution in [0.25, 0.3) is 27.7 Å². The van der Waals surface area contributed by atoms with Gasteiger partial charge in [0.25, 0.3) is 6.71 Å². The lowest BCUT2D eigenvalue weighted by Gasteiger charge is -2.39. The number of benzene rings is 12. The quantitative estimate of drug-likeness (QED) is 0.134. The van der Waals surface area contributed by atoms with Gasteiger partial charge in [-0.3, -0.25) is 0 Å². The maximum atomic E-state index is 6.86. The zero-order valence-electron chi connectivity index (χ0n) is 59.5. The lowest BCUT2D eigenvalue weighted by molar-refractivity contribution is 0.444. The van der Waals surface area contributed by atoms with E-state index in [0.29, 0.717) is 5.92 Å². The van der Waals surface area contributed by atoms with Crippen LogP contribution in [0.3, 0.4) is 0 Å². The van der Waals surface area contributed by atoms with E-state index >= 15 is 0 Å². The highest BCUT2D eigenvalue weighted by Gasteiger charge is 2.54. The van der Waals surface area contributed by atoms with E-state index in [9.17, 15) is 0 Å². The number of fused-ring (bicyclic) bond motifs is 13. The molecule has 492 valence electrons. The lowest BCUT2D eigenvalue weighted by Crippen LogP contribution is -2.57. The van der Waals surface area contributed by atoms with Gasteiger partial charge < -0.3 is 24.0 Å². The van der Waals surface area contributed by atoms with E-state index in [0.717, 1.165) is 45.4 Å². The van der Waals surface area contributed by atoms with Crippen molar-refractivity contribution in [2.24, 2.45) is 0 Å². The number of furan rings is 1. The average molecular weight is 1320 g/mol. The Morgan fingerprint density at radius 3 is 1.44 bits per heavy atom. The van der Waals surface area contributed by atoms with Gasteiger partial charge in [-0.1, -0.05) is 243 Å². The number of anilines is 12.